The van der Waals surface area contributed by atoms with E-state index in [0.717, 1.165) is 27.5 Å². The molecule has 0 atom stereocenters. The molecule has 0 saturated carbocycles. The topological polar surface area (TPSA) is 117 Å². The Labute approximate surface area is 191 Å². The van der Waals surface area contributed by atoms with Crippen molar-refractivity contribution in [3.8, 4) is 23.0 Å². The van der Waals surface area contributed by atoms with E-state index in [1.807, 2.05) is 18.2 Å². The number of nitrogens with one attached hydrogen (secondary N) is 1. The third-order valence-corrected chi connectivity index (χ3v) is 5.14. The minimum Gasteiger partial charge on any atom is -0.493 e. The van der Waals surface area contributed by atoms with E-state index in [0.29, 0.717) is 29.7 Å². The van der Waals surface area contributed by atoms with E-state index in [-0.39, 0.29) is 12.5 Å². The lowest BCUT2D eigenvalue weighted by atomic mass is 10.2. The van der Waals surface area contributed by atoms with Crippen molar-refractivity contribution in [2.45, 2.75) is 6.61 Å². The van der Waals surface area contributed by atoms with E-state index in [2.05, 4.69) is 31.4 Å². The molecule has 0 aliphatic carbocycles. The van der Waals surface area contributed by atoms with Crippen LogP contribution < -0.4 is 24.4 Å². The molecule has 0 unspecified atom stereocenters. The van der Waals surface area contributed by atoms with Gasteiger partial charge in [0.1, 0.15) is 18.6 Å². The number of hydrogen-bond acceptors (Lipinski definition) is 9. The van der Waals surface area contributed by atoms with Gasteiger partial charge in [0, 0.05) is 16.1 Å². The zero-order valence-electron chi connectivity index (χ0n) is 16.8. The highest BCUT2D eigenvalue weighted by Gasteiger charge is 2.14. The lowest BCUT2D eigenvalue weighted by Crippen LogP contribution is -2.00. The molecule has 0 amide bonds. The van der Waals surface area contributed by atoms with Crippen molar-refractivity contribution in [2.75, 3.05) is 19.3 Å². The van der Waals surface area contributed by atoms with Crippen molar-refractivity contribution in [2.24, 2.45) is 5.10 Å². The number of halogens is 1. The summed E-state index contributed by atoms with van der Waals surface area (Å²) in [5.74, 6) is 2.87. The van der Waals surface area contributed by atoms with E-state index >= 15 is 0 Å². The predicted molar refractivity (Wildman–Crippen MR) is 120 cm³/mol. The highest BCUT2D eigenvalue weighted by atomic mass is 79.9. The van der Waals surface area contributed by atoms with E-state index in [1.54, 1.807) is 25.5 Å². The van der Waals surface area contributed by atoms with E-state index in [9.17, 15) is 10.1 Å². The minimum atomic E-state index is -0.514. The van der Waals surface area contributed by atoms with Crippen LogP contribution in [0, 0.1) is 10.1 Å². The summed E-state index contributed by atoms with van der Waals surface area (Å²) in [5.41, 5.74) is 4.29. The highest BCUT2D eigenvalue weighted by Crippen LogP contribution is 2.35. The molecule has 0 fully saturated rings. The van der Waals surface area contributed by atoms with Crippen LogP contribution in [-0.4, -0.2) is 30.0 Å². The average Bonchev–Trinajstić information content (AvgIpc) is 3.27. The van der Waals surface area contributed by atoms with Gasteiger partial charge in [-0.1, -0.05) is 6.07 Å². The van der Waals surface area contributed by atoms with Gasteiger partial charge in [0.05, 0.1) is 18.2 Å². The van der Waals surface area contributed by atoms with Crippen LogP contribution in [0.3, 0.4) is 0 Å². The van der Waals surface area contributed by atoms with Gasteiger partial charge in [-0.25, -0.2) is 4.98 Å². The molecule has 1 N–H and O–H groups in total. The SMILES string of the molecule is COc1cc(/C=N/Nc2ccc([N+](=O)[O-])cn2)c(Br)cc1OCc1ccc2c(c1)OCO2. The number of methoxy groups -OCH3 is 1. The first-order valence-corrected chi connectivity index (χ1v) is 10.1. The van der Waals surface area contributed by atoms with Crippen LogP contribution >= 0.6 is 15.9 Å². The summed E-state index contributed by atoms with van der Waals surface area (Å²) in [6.07, 6.45) is 2.72. The Kier molecular flexibility index (Phi) is 6.36. The first kappa shape index (κ1) is 21.4. The first-order valence-electron chi connectivity index (χ1n) is 9.32. The monoisotopic (exact) mass is 500 g/mol. The van der Waals surface area contributed by atoms with Crippen LogP contribution in [0.15, 0.2) is 58.2 Å². The van der Waals surface area contributed by atoms with Crippen LogP contribution in [-0.2, 0) is 6.61 Å². The predicted octanol–water partition coefficient (Wildman–Crippen LogP) is 4.51. The maximum Gasteiger partial charge on any atom is 0.287 e. The number of nitrogens with zero attached hydrogens (tertiary/aromatic N) is 3. The smallest absolute Gasteiger partial charge is 0.287 e. The summed E-state index contributed by atoms with van der Waals surface area (Å²) in [4.78, 5) is 14.1. The fraction of sp³-hybridized carbons (Fsp3) is 0.143. The van der Waals surface area contributed by atoms with Crippen molar-refractivity contribution in [1.29, 1.82) is 0 Å². The van der Waals surface area contributed by atoms with E-state index in [1.165, 1.54) is 12.1 Å². The van der Waals surface area contributed by atoms with Crippen molar-refractivity contribution in [1.82, 2.24) is 4.98 Å². The lowest BCUT2D eigenvalue weighted by Gasteiger charge is -2.13. The molecule has 4 rings (SSSR count). The molecule has 1 aliphatic rings. The summed E-state index contributed by atoms with van der Waals surface area (Å²) >= 11 is 3.51. The Morgan fingerprint density at radius 2 is 2.06 bits per heavy atom. The molecule has 3 aromatic rings. The molecule has 10 nitrogen and oxygen atoms in total. The zero-order chi connectivity index (χ0) is 22.5. The van der Waals surface area contributed by atoms with Crippen LogP contribution in [0.4, 0.5) is 11.5 Å². The van der Waals surface area contributed by atoms with E-state index in [4.69, 9.17) is 18.9 Å². The molecule has 1 aromatic heterocycles. The summed E-state index contributed by atoms with van der Waals surface area (Å²) in [7, 11) is 1.55. The van der Waals surface area contributed by atoms with Gasteiger partial charge in [0.25, 0.3) is 5.69 Å². The number of benzene rings is 2. The van der Waals surface area contributed by atoms with Crippen LogP contribution in [0.25, 0.3) is 0 Å². The Morgan fingerprint density at radius 1 is 1.22 bits per heavy atom. The van der Waals surface area contributed by atoms with E-state index < -0.39 is 4.92 Å². The second-order valence-corrected chi connectivity index (χ2v) is 7.38. The Bertz CT molecular complexity index is 1170. The number of anilines is 1. The van der Waals surface area contributed by atoms with Gasteiger partial charge in [-0.05, 0) is 51.8 Å². The van der Waals surface area contributed by atoms with Gasteiger partial charge >= 0.3 is 0 Å². The van der Waals surface area contributed by atoms with Crippen molar-refractivity contribution in [3.63, 3.8) is 0 Å². The molecular formula is C21H17BrN4O6. The van der Waals surface area contributed by atoms with Gasteiger partial charge in [-0.2, -0.15) is 5.10 Å². The van der Waals surface area contributed by atoms with Gasteiger partial charge in [-0.15, -0.1) is 0 Å². The molecule has 0 saturated heterocycles. The van der Waals surface area contributed by atoms with Gasteiger partial charge in [0.15, 0.2) is 23.0 Å². The molecule has 1 aliphatic heterocycles. The quantitative estimate of drug-likeness (QED) is 0.272. The molecule has 2 heterocycles. The number of fused-ring (bicyclic) bond motifs is 1. The Hall–Kier alpha value is -3.86. The number of ether oxygens (including phenoxy) is 4. The number of rotatable bonds is 8. The molecule has 11 heteroatoms. The fourth-order valence-corrected chi connectivity index (χ4v) is 3.27. The maximum absolute atomic E-state index is 10.7. The van der Waals surface area contributed by atoms with Gasteiger partial charge in [-0.3, -0.25) is 15.5 Å². The third kappa shape index (κ3) is 4.89. The zero-order valence-corrected chi connectivity index (χ0v) is 18.4. The molecule has 32 heavy (non-hydrogen) atoms. The lowest BCUT2D eigenvalue weighted by molar-refractivity contribution is -0.385. The van der Waals surface area contributed by atoms with Gasteiger partial charge in [0.2, 0.25) is 6.79 Å². The minimum absolute atomic E-state index is 0.0941. The number of hydrazone groups is 1. The second-order valence-electron chi connectivity index (χ2n) is 6.53. The first-order chi connectivity index (χ1) is 15.5. The number of pyridine rings is 1. The van der Waals surface area contributed by atoms with Crippen molar-refractivity contribution < 1.29 is 23.9 Å². The summed E-state index contributed by atoms with van der Waals surface area (Å²) in [5, 5.41) is 14.8. The van der Waals surface area contributed by atoms with Crippen molar-refractivity contribution >= 4 is 33.6 Å². The van der Waals surface area contributed by atoms with Crippen LogP contribution in [0.5, 0.6) is 23.0 Å². The number of hydrogen-bond donors (Lipinski definition) is 1. The van der Waals surface area contributed by atoms with Gasteiger partial charge < -0.3 is 18.9 Å². The molecule has 0 radical (unpaired) electrons. The average molecular weight is 501 g/mol. The summed E-state index contributed by atoms with van der Waals surface area (Å²) in [6, 6.07) is 12.0. The maximum atomic E-state index is 10.7. The normalized spacial score (nSPS) is 12.1. The van der Waals surface area contributed by atoms with Crippen LogP contribution in [0.2, 0.25) is 0 Å². The standard InChI is InChI=1S/C21H17BrN4O6/c1-29-18-7-14(9-24-25-21-5-3-15(10-23-21)26(27)28)16(22)8-20(18)30-11-13-2-4-17-19(6-13)32-12-31-17/h2-10H,11-12H2,1H3,(H,23,25)/b24-9+. The molecule has 164 valence electrons. The fourth-order valence-electron chi connectivity index (χ4n) is 2.84. The van der Waals surface area contributed by atoms with Crippen molar-refractivity contribution in [3.05, 3.63) is 74.4 Å². The Morgan fingerprint density at radius 3 is 2.81 bits per heavy atom. The molecule has 2 aromatic carbocycles. The molecule has 0 bridgehead atoms. The molecular weight excluding hydrogens is 484 g/mol. The third-order valence-electron chi connectivity index (χ3n) is 4.46. The van der Waals surface area contributed by atoms with Crippen LogP contribution in [0.1, 0.15) is 11.1 Å². The number of nitro groups is 1. The number of aromatic nitrogens is 1. The summed E-state index contributed by atoms with van der Waals surface area (Å²) < 4.78 is 22.8. The molecule has 0 spiro atoms. The highest BCUT2D eigenvalue weighted by molar-refractivity contribution is 9.10. The Balaban J connectivity index is 1.43. The largest absolute Gasteiger partial charge is 0.493 e. The second kappa shape index (κ2) is 9.52. The summed E-state index contributed by atoms with van der Waals surface area (Å²) in [6.45, 7) is 0.540.